The van der Waals surface area contributed by atoms with Gasteiger partial charge in [-0.15, -0.1) is 12.4 Å². The van der Waals surface area contributed by atoms with Crippen LogP contribution in [0.1, 0.15) is 19.4 Å². The zero-order valence-electron chi connectivity index (χ0n) is 10.2. The molecular formula is C12H18ClFN2O. The van der Waals surface area contributed by atoms with Crippen LogP contribution in [-0.4, -0.2) is 11.9 Å². The Hall–Kier alpha value is -1.13. The average Bonchev–Trinajstić information content (AvgIpc) is 2.22. The Bertz CT molecular complexity index is 376. The van der Waals surface area contributed by atoms with Gasteiger partial charge in [-0.25, -0.2) is 4.39 Å². The Kier molecular flexibility index (Phi) is 6.13. The molecule has 0 fully saturated rings. The Morgan fingerprint density at radius 3 is 2.47 bits per heavy atom. The molecule has 0 saturated heterocycles. The summed E-state index contributed by atoms with van der Waals surface area (Å²) in [6.07, 6.45) is 0. The number of amides is 1. The van der Waals surface area contributed by atoms with E-state index in [9.17, 15) is 9.18 Å². The largest absolute Gasteiger partial charge is 0.327 e. The van der Waals surface area contributed by atoms with E-state index in [0.717, 1.165) is 0 Å². The molecule has 2 unspecified atom stereocenters. The van der Waals surface area contributed by atoms with Gasteiger partial charge >= 0.3 is 0 Å². The first-order valence-corrected chi connectivity index (χ1v) is 5.25. The number of hydrogen-bond acceptors (Lipinski definition) is 2. The topological polar surface area (TPSA) is 55.1 Å². The molecule has 2 atom stereocenters. The number of aryl methyl sites for hydroxylation is 1. The van der Waals surface area contributed by atoms with Crippen molar-refractivity contribution in [2.75, 3.05) is 5.32 Å². The molecule has 0 aliphatic rings. The van der Waals surface area contributed by atoms with Gasteiger partial charge in [0.05, 0.1) is 11.6 Å². The smallest absolute Gasteiger partial charge is 0.228 e. The summed E-state index contributed by atoms with van der Waals surface area (Å²) in [4.78, 5) is 11.7. The van der Waals surface area contributed by atoms with Crippen LogP contribution in [0.5, 0.6) is 0 Å². The highest BCUT2D eigenvalue weighted by molar-refractivity contribution is 5.93. The maximum Gasteiger partial charge on any atom is 0.228 e. The first-order chi connectivity index (χ1) is 7.43. The summed E-state index contributed by atoms with van der Waals surface area (Å²) in [7, 11) is 0. The number of carbonyl (C=O) groups excluding carboxylic acids is 1. The molecule has 0 aliphatic heterocycles. The molecule has 0 heterocycles. The number of nitrogens with one attached hydrogen (secondary N) is 1. The van der Waals surface area contributed by atoms with Gasteiger partial charge in [-0.05, 0) is 25.5 Å². The van der Waals surface area contributed by atoms with Crippen molar-refractivity contribution in [3.63, 3.8) is 0 Å². The van der Waals surface area contributed by atoms with E-state index < -0.39 is 5.82 Å². The van der Waals surface area contributed by atoms with Gasteiger partial charge in [0, 0.05) is 6.04 Å². The van der Waals surface area contributed by atoms with Crippen LogP contribution in [0.3, 0.4) is 0 Å². The van der Waals surface area contributed by atoms with Gasteiger partial charge in [0.25, 0.3) is 0 Å². The summed E-state index contributed by atoms with van der Waals surface area (Å²) in [5.74, 6) is -1.03. The molecule has 0 aliphatic carbocycles. The molecule has 1 amide bonds. The predicted molar refractivity (Wildman–Crippen MR) is 69.8 cm³/mol. The number of halogens is 2. The van der Waals surface area contributed by atoms with Gasteiger partial charge in [-0.3, -0.25) is 4.79 Å². The van der Waals surface area contributed by atoms with Crippen molar-refractivity contribution < 1.29 is 9.18 Å². The highest BCUT2D eigenvalue weighted by Crippen LogP contribution is 2.19. The third-order valence-corrected chi connectivity index (χ3v) is 2.67. The van der Waals surface area contributed by atoms with Crippen molar-refractivity contribution in [1.29, 1.82) is 0 Å². The average molecular weight is 261 g/mol. The maximum atomic E-state index is 13.4. The number of hydrogen-bond donors (Lipinski definition) is 2. The van der Waals surface area contributed by atoms with Gasteiger partial charge in [0.2, 0.25) is 5.91 Å². The minimum Gasteiger partial charge on any atom is -0.327 e. The molecule has 5 heteroatoms. The third kappa shape index (κ3) is 3.98. The first kappa shape index (κ1) is 15.9. The highest BCUT2D eigenvalue weighted by Gasteiger charge is 2.18. The molecule has 96 valence electrons. The number of benzene rings is 1. The SMILES string of the molecule is Cc1cccc(F)c1NC(=O)C(C)C(C)N.Cl. The van der Waals surface area contributed by atoms with Crippen molar-refractivity contribution in [3.8, 4) is 0 Å². The quantitative estimate of drug-likeness (QED) is 0.877. The van der Waals surface area contributed by atoms with Gasteiger partial charge in [-0.2, -0.15) is 0 Å². The third-order valence-electron chi connectivity index (χ3n) is 2.67. The molecule has 17 heavy (non-hydrogen) atoms. The zero-order valence-corrected chi connectivity index (χ0v) is 11.0. The van der Waals surface area contributed by atoms with E-state index in [2.05, 4.69) is 5.32 Å². The number of rotatable bonds is 3. The van der Waals surface area contributed by atoms with Gasteiger partial charge in [-0.1, -0.05) is 19.1 Å². The number of carbonyl (C=O) groups is 1. The summed E-state index contributed by atoms with van der Waals surface area (Å²) in [5.41, 5.74) is 6.55. The van der Waals surface area contributed by atoms with Crippen molar-refractivity contribution in [1.82, 2.24) is 0 Å². The van der Waals surface area contributed by atoms with Crippen LogP contribution in [-0.2, 0) is 4.79 Å². The summed E-state index contributed by atoms with van der Waals surface area (Å²) in [5, 5.41) is 2.57. The van der Waals surface area contributed by atoms with E-state index >= 15 is 0 Å². The minimum absolute atomic E-state index is 0. The van der Waals surface area contributed by atoms with Crippen LogP contribution < -0.4 is 11.1 Å². The fourth-order valence-electron chi connectivity index (χ4n) is 1.27. The lowest BCUT2D eigenvalue weighted by molar-refractivity contribution is -0.119. The van der Waals surface area contributed by atoms with Gasteiger partial charge < -0.3 is 11.1 Å². The molecule has 3 N–H and O–H groups in total. The lowest BCUT2D eigenvalue weighted by Crippen LogP contribution is -2.34. The molecule has 0 saturated carbocycles. The molecular weight excluding hydrogens is 243 g/mol. The lowest BCUT2D eigenvalue weighted by atomic mass is 10.0. The molecule has 3 nitrogen and oxygen atoms in total. The second kappa shape index (κ2) is 6.57. The Morgan fingerprint density at radius 2 is 2.00 bits per heavy atom. The monoisotopic (exact) mass is 260 g/mol. The van der Waals surface area contributed by atoms with E-state index in [-0.39, 0.29) is 36.0 Å². The summed E-state index contributed by atoms with van der Waals surface area (Å²) in [6.45, 7) is 5.21. The molecule has 0 radical (unpaired) electrons. The molecule has 1 aromatic carbocycles. The zero-order chi connectivity index (χ0) is 12.3. The minimum atomic E-state index is -0.426. The van der Waals surface area contributed by atoms with Crippen LogP contribution in [0.15, 0.2) is 18.2 Å². The van der Waals surface area contributed by atoms with E-state index in [1.807, 2.05) is 0 Å². The highest BCUT2D eigenvalue weighted by atomic mass is 35.5. The Labute approximate surface area is 107 Å². The fraction of sp³-hybridized carbons (Fsp3) is 0.417. The van der Waals surface area contributed by atoms with Crippen LogP contribution in [0.4, 0.5) is 10.1 Å². The van der Waals surface area contributed by atoms with E-state index in [4.69, 9.17) is 5.73 Å². The van der Waals surface area contributed by atoms with Crippen LogP contribution in [0, 0.1) is 18.7 Å². The standard InChI is InChI=1S/C12H17FN2O.ClH/c1-7-5-4-6-10(13)11(7)15-12(16)8(2)9(3)14;/h4-6,8-9H,14H2,1-3H3,(H,15,16);1H. The van der Waals surface area contributed by atoms with Crippen LogP contribution in [0.2, 0.25) is 0 Å². The summed E-state index contributed by atoms with van der Waals surface area (Å²) >= 11 is 0. The number of para-hydroxylation sites is 1. The van der Waals surface area contributed by atoms with Crippen molar-refractivity contribution >= 4 is 24.0 Å². The van der Waals surface area contributed by atoms with Crippen molar-refractivity contribution in [3.05, 3.63) is 29.6 Å². The van der Waals surface area contributed by atoms with Gasteiger partial charge in [0.15, 0.2) is 0 Å². The number of nitrogens with two attached hydrogens (primary N) is 1. The number of anilines is 1. The summed E-state index contributed by atoms with van der Waals surface area (Å²) in [6, 6.07) is 4.41. The molecule has 0 spiro atoms. The van der Waals surface area contributed by atoms with Crippen molar-refractivity contribution in [2.24, 2.45) is 11.7 Å². The van der Waals surface area contributed by atoms with E-state index in [0.29, 0.717) is 5.56 Å². The predicted octanol–water partition coefficient (Wildman–Crippen LogP) is 2.48. The lowest BCUT2D eigenvalue weighted by Gasteiger charge is -2.16. The Morgan fingerprint density at radius 1 is 1.41 bits per heavy atom. The van der Waals surface area contributed by atoms with E-state index in [1.54, 1.807) is 32.9 Å². The maximum absolute atomic E-state index is 13.4. The fourth-order valence-corrected chi connectivity index (χ4v) is 1.27. The molecule has 1 rings (SSSR count). The Balaban J connectivity index is 0.00000256. The van der Waals surface area contributed by atoms with Crippen LogP contribution >= 0.6 is 12.4 Å². The second-order valence-corrected chi connectivity index (χ2v) is 4.07. The normalized spacial score (nSPS) is 13.5. The molecule has 0 bridgehead atoms. The van der Waals surface area contributed by atoms with E-state index in [1.165, 1.54) is 6.07 Å². The van der Waals surface area contributed by atoms with Gasteiger partial charge in [0.1, 0.15) is 5.82 Å². The second-order valence-electron chi connectivity index (χ2n) is 4.07. The summed E-state index contributed by atoms with van der Waals surface area (Å²) < 4.78 is 13.4. The first-order valence-electron chi connectivity index (χ1n) is 5.25. The molecule has 0 aromatic heterocycles. The van der Waals surface area contributed by atoms with Crippen LogP contribution in [0.25, 0.3) is 0 Å². The van der Waals surface area contributed by atoms with Crippen molar-refractivity contribution in [2.45, 2.75) is 26.8 Å². The molecule has 1 aromatic rings.